The molecule has 2 aromatic carbocycles. The molecule has 0 aliphatic rings. The van der Waals surface area contributed by atoms with E-state index in [1.807, 2.05) is 0 Å². The van der Waals surface area contributed by atoms with E-state index in [0.29, 0.717) is 17.2 Å². The van der Waals surface area contributed by atoms with Gasteiger partial charge < -0.3 is 10.1 Å². The highest BCUT2D eigenvalue weighted by Crippen LogP contribution is 2.22. The van der Waals surface area contributed by atoms with E-state index >= 15 is 0 Å². The smallest absolute Gasteiger partial charge is 0.273 e. The van der Waals surface area contributed by atoms with Crippen LogP contribution in [0.3, 0.4) is 0 Å². The quantitative estimate of drug-likeness (QED) is 0.511. The summed E-state index contributed by atoms with van der Waals surface area (Å²) >= 11 is 0. The Bertz CT molecular complexity index is 1000. The number of hydrogen-bond acceptors (Lipinski definition) is 5. The number of nitrogens with zero attached hydrogens (tertiary/aromatic N) is 2. The first-order valence-electron chi connectivity index (χ1n) is 8.34. The van der Waals surface area contributed by atoms with Crippen LogP contribution in [0.25, 0.3) is 0 Å². The number of nitrogens with one attached hydrogen (secondary N) is 1. The van der Waals surface area contributed by atoms with Crippen LogP contribution in [0.5, 0.6) is 11.6 Å². The van der Waals surface area contributed by atoms with Crippen molar-refractivity contribution >= 4 is 11.6 Å². The highest BCUT2D eigenvalue weighted by Gasteiger charge is 2.17. The fourth-order valence-electron chi connectivity index (χ4n) is 2.54. The monoisotopic (exact) mass is 381 g/mol. The molecule has 0 bridgehead atoms. The fourth-order valence-corrected chi connectivity index (χ4v) is 2.54. The number of amides is 1. The molecule has 0 radical (unpaired) electrons. The number of benzene rings is 2. The molecule has 142 valence electrons. The zero-order valence-electron chi connectivity index (χ0n) is 14.9. The SMILES string of the molecule is Cc1c(C(=O)NCc2ccc(Oc3ccc(F)cc3)nc2)cccc1[N+](=O)[O-]. The molecule has 1 aromatic heterocycles. The van der Waals surface area contributed by atoms with Crippen LogP contribution in [0, 0.1) is 22.9 Å². The first-order chi connectivity index (χ1) is 13.4. The first-order valence-corrected chi connectivity index (χ1v) is 8.34. The van der Waals surface area contributed by atoms with Gasteiger partial charge in [-0.25, -0.2) is 9.37 Å². The number of halogens is 1. The van der Waals surface area contributed by atoms with Crippen molar-refractivity contribution in [3.8, 4) is 11.6 Å². The topological polar surface area (TPSA) is 94.4 Å². The summed E-state index contributed by atoms with van der Waals surface area (Å²) < 4.78 is 18.4. The molecule has 1 N–H and O–H groups in total. The summed E-state index contributed by atoms with van der Waals surface area (Å²) in [6.45, 7) is 1.74. The van der Waals surface area contributed by atoms with E-state index in [0.717, 1.165) is 5.56 Å². The average molecular weight is 381 g/mol. The Labute approximate surface area is 160 Å². The van der Waals surface area contributed by atoms with E-state index in [4.69, 9.17) is 4.74 Å². The molecule has 1 heterocycles. The summed E-state index contributed by atoms with van der Waals surface area (Å²) in [6.07, 6.45) is 1.54. The lowest BCUT2D eigenvalue weighted by molar-refractivity contribution is -0.385. The summed E-state index contributed by atoms with van der Waals surface area (Å²) in [6, 6.07) is 13.3. The van der Waals surface area contributed by atoms with Crippen LogP contribution in [0.4, 0.5) is 10.1 Å². The van der Waals surface area contributed by atoms with Gasteiger partial charge in [-0.2, -0.15) is 0 Å². The lowest BCUT2D eigenvalue weighted by Gasteiger charge is -2.09. The fraction of sp³-hybridized carbons (Fsp3) is 0.100. The molecular formula is C20H16FN3O4. The summed E-state index contributed by atoms with van der Waals surface area (Å²) in [5, 5.41) is 13.7. The van der Waals surface area contributed by atoms with E-state index in [1.165, 1.54) is 49.4 Å². The number of nitro groups is 1. The van der Waals surface area contributed by atoms with Crippen molar-refractivity contribution in [3.05, 3.63) is 93.4 Å². The van der Waals surface area contributed by atoms with Crippen molar-refractivity contribution in [3.63, 3.8) is 0 Å². The summed E-state index contributed by atoms with van der Waals surface area (Å²) in [5.41, 5.74) is 1.18. The van der Waals surface area contributed by atoms with Gasteiger partial charge in [-0.05, 0) is 42.8 Å². The van der Waals surface area contributed by atoms with Crippen LogP contribution >= 0.6 is 0 Å². The third-order valence-electron chi connectivity index (χ3n) is 4.03. The largest absolute Gasteiger partial charge is 0.439 e. The highest BCUT2D eigenvalue weighted by atomic mass is 19.1. The molecule has 7 nitrogen and oxygen atoms in total. The number of rotatable bonds is 6. The molecular weight excluding hydrogens is 365 g/mol. The minimum absolute atomic E-state index is 0.100. The molecule has 3 aromatic rings. The van der Waals surface area contributed by atoms with Crippen molar-refractivity contribution in [2.45, 2.75) is 13.5 Å². The van der Waals surface area contributed by atoms with Gasteiger partial charge in [-0.1, -0.05) is 12.1 Å². The van der Waals surface area contributed by atoms with E-state index in [9.17, 15) is 19.3 Å². The van der Waals surface area contributed by atoms with E-state index in [2.05, 4.69) is 10.3 Å². The lowest BCUT2D eigenvalue weighted by atomic mass is 10.1. The third kappa shape index (κ3) is 4.47. The number of nitro benzene ring substituents is 1. The molecule has 28 heavy (non-hydrogen) atoms. The molecule has 0 saturated heterocycles. The summed E-state index contributed by atoms with van der Waals surface area (Å²) in [4.78, 5) is 27.0. The van der Waals surface area contributed by atoms with Crippen molar-refractivity contribution in [1.29, 1.82) is 0 Å². The number of ether oxygens (including phenoxy) is 1. The molecule has 1 amide bonds. The van der Waals surface area contributed by atoms with Crippen molar-refractivity contribution in [1.82, 2.24) is 10.3 Å². The molecule has 0 atom stereocenters. The van der Waals surface area contributed by atoms with Crippen LogP contribution in [0.1, 0.15) is 21.5 Å². The van der Waals surface area contributed by atoms with Gasteiger partial charge in [0, 0.05) is 36.0 Å². The Morgan fingerprint density at radius 1 is 1.18 bits per heavy atom. The number of hydrogen-bond donors (Lipinski definition) is 1. The van der Waals surface area contributed by atoms with Gasteiger partial charge in [0.2, 0.25) is 5.88 Å². The second-order valence-corrected chi connectivity index (χ2v) is 5.95. The van der Waals surface area contributed by atoms with Gasteiger partial charge in [-0.3, -0.25) is 14.9 Å². The van der Waals surface area contributed by atoms with Gasteiger partial charge in [0.1, 0.15) is 11.6 Å². The number of carbonyl (C=O) groups is 1. The predicted molar refractivity (Wildman–Crippen MR) is 99.7 cm³/mol. The molecule has 0 aliphatic heterocycles. The Morgan fingerprint density at radius 2 is 1.93 bits per heavy atom. The zero-order valence-corrected chi connectivity index (χ0v) is 14.9. The van der Waals surface area contributed by atoms with Crippen LogP contribution in [-0.4, -0.2) is 15.8 Å². The van der Waals surface area contributed by atoms with Crippen LogP contribution in [-0.2, 0) is 6.54 Å². The van der Waals surface area contributed by atoms with Crippen LogP contribution < -0.4 is 10.1 Å². The lowest BCUT2D eigenvalue weighted by Crippen LogP contribution is -2.23. The Balaban J connectivity index is 1.62. The van der Waals surface area contributed by atoms with Crippen LogP contribution in [0.2, 0.25) is 0 Å². The minimum atomic E-state index is -0.518. The summed E-state index contributed by atoms with van der Waals surface area (Å²) in [7, 11) is 0. The number of carbonyl (C=O) groups excluding carboxylic acids is 1. The highest BCUT2D eigenvalue weighted by molar-refractivity contribution is 5.96. The molecule has 0 aliphatic carbocycles. The molecule has 0 spiro atoms. The van der Waals surface area contributed by atoms with Crippen molar-refractivity contribution in [2.75, 3.05) is 0 Å². The third-order valence-corrected chi connectivity index (χ3v) is 4.03. The van der Waals surface area contributed by atoms with E-state index in [-0.39, 0.29) is 23.6 Å². The second-order valence-electron chi connectivity index (χ2n) is 5.95. The normalized spacial score (nSPS) is 10.4. The summed E-state index contributed by atoms with van der Waals surface area (Å²) in [5.74, 6) is 0.0190. The van der Waals surface area contributed by atoms with Crippen molar-refractivity contribution < 1.29 is 18.8 Å². The molecule has 0 fully saturated rings. The maximum Gasteiger partial charge on any atom is 0.273 e. The van der Waals surface area contributed by atoms with Gasteiger partial charge in [0.05, 0.1) is 4.92 Å². The minimum Gasteiger partial charge on any atom is -0.439 e. The van der Waals surface area contributed by atoms with Gasteiger partial charge >= 0.3 is 0 Å². The molecule has 3 rings (SSSR count). The van der Waals surface area contributed by atoms with Gasteiger partial charge in [0.25, 0.3) is 11.6 Å². The maximum atomic E-state index is 12.9. The van der Waals surface area contributed by atoms with E-state index in [1.54, 1.807) is 18.3 Å². The standard InChI is InChI=1S/C20H16FN3O4/c1-13-17(3-2-4-18(13)24(26)27)20(25)23-12-14-5-10-19(22-11-14)28-16-8-6-15(21)7-9-16/h2-11H,12H2,1H3,(H,23,25). The van der Waals surface area contributed by atoms with Crippen molar-refractivity contribution in [2.24, 2.45) is 0 Å². The van der Waals surface area contributed by atoms with Crippen LogP contribution in [0.15, 0.2) is 60.8 Å². The Kier molecular flexibility index (Phi) is 5.59. The number of pyridine rings is 1. The van der Waals surface area contributed by atoms with Gasteiger partial charge in [0.15, 0.2) is 0 Å². The first kappa shape index (κ1) is 19.0. The second kappa shape index (κ2) is 8.26. The Morgan fingerprint density at radius 3 is 2.57 bits per heavy atom. The average Bonchev–Trinajstić information content (AvgIpc) is 2.69. The number of aromatic nitrogens is 1. The maximum absolute atomic E-state index is 12.9. The molecule has 0 unspecified atom stereocenters. The zero-order chi connectivity index (χ0) is 20.1. The van der Waals surface area contributed by atoms with Gasteiger partial charge in [-0.15, -0.1) is 0 Å². The Hall–Kier alpha value is -3.81. The molecule has 8 heteroatoms. The molecule has 0 saturated carbocycles. The predicted octanol–water partition coefficient (Wildman–Crippen LogP) is 4.16. The van der Waals surface area contributed by atoms with E-state index < -0.39 is 10.8 Å².